The number of sulfonamides is 1. The molecule has 0 radical (unpaired) electrons. The van der Waals surface area contributed by atoms with Crippen molar-refractivity contribution < 1.29 is 8.42 Å². The lowest BCUT2D eigenvalue weighted by Crippen LogP contribution is -2.15. The van der Waals surface area contributed by atoms with Crippen molar-refractivity contribution in [3.05, 3.63) is 63.1 Å². The molecule has 20 heavy (non-hydrogen) atoms. The Labute approximate surface area is 132 Å². The van der Waals surface area contributed by atoms with Gasteiger partial charge in [-0.05, 0) is 29.8 Å². The average molecular weight is 351 g/mol. The van der Waals surface area contributed by atoms with Gasteiger partial charge in [0.05, 0.1) is 16.5 Å². The molecule has 0 saturated heterocycles. The Balaban J connectivity index is 2.22. The smallest absolute Gasteiger partial charge is 0.237 e. The molecule has 0 unspecified atom stereocenters. The lowest BCUT2D eigenvalue weighted by atomic mass is 10.2. The summed E-state index contributed by atoms with van der Waals surface area (Å²) in [7, 11) is -3.61. The van der Waals surface area contributed by atoms with Crippen LogP contribution in [0.2, 0.25) is 15.1 Å². The first-order valence-electron chi connectivity index (χ1n) is 5.56. The SMILES string of the molecule is O=S(=O)(Cc1ccccc1Cl)Nc1ccc(Cl)cc1Cl. The van der Waals surface area contributed by atoms with Gasteiger partial charge >= 0.3 is 0 Å². The van der Waals surface area contributed by atoms with E-state index in [0.717, 1.165) is 0 Å². The van der Waals surface area contributed by atoms with E-state index in [-0.39, 0.29) is 16.5 Å². The van der Waals surface area contributed by atoms with Gasteiger partial charge in [-0.25, -0.2) is 8.42 Å². The Morgan fingerprint density at radius 2 is 1.65 bits per heavy atom. The van der Waals surface area contributed by atoms with Crippen LogP contribution in [0.15, 0.2) is 42.5 Å². The number of hydrogen-bond donors (Lipinski definition) is 1. The maximum absolute atomic E-state index is 12.1. The van der Waals surface area contributed by atoms with Gasteiger partial charge in [-0.1, -0.05) is 53.0 Å². The predicted octanol–water partition coefficient (Wildman–Crippen LogP) is 4.59. The van der Waals surface area contributed by atoms with Crippen LogP contribution in [0, 0.1) is 0 Å². The van der Waals surface area contributed by atoms with Crippen molar-refractivity contribution in [2.75, 3.05) is 4.72 Å². The average Bonchev–Trinajstić information content (AvgIpc) is 2.35. The van der Waals surface area contributed by atoms with Crippen LogP contribution in [-0.4, -0.2) is 8.42 Å². The van der Waals surface area contributed by atoms with Crippen LogP contribution >= 0.6 is 34.8 Å². The van der Waals surface area contributed by atoms with Crippen LogP contribution in [-0.2, 0) is 15.8 Å². The van der Waals surface area contributed by atoms with Crippen LogP contribution in [0.5, 0.6) is 0 Å². The molecule has 2 aromatic rings. The second-order valence-corrected chi connectivity index (χ2v) is 7.05. The first kappa shape index (κ1) is 15.4. The molecule has 1 N–H and O–H groups in total. The minimum absolute atomic E-state index is 0.231. The van der Waals surface area contributed by atoms with E-state index in [9.17, 15) is 8.42 Å². The Hall–Kier alpha value is -0.940. The van der Waals surface area contributed by atoms with Crippen molar-refractivity contribution in [3.63, 3.8) is 0 Å². The monoisotopic (exact) mass is 349 g/mol. The largest absolute Gasteiger partial charge is 0.282 e. The molecule has 2 aromatic carbocycles. The molecule has 0 aromatic heterocycles. The molecule has 106 valence electrons. The Kier molecular flexibility index (Phi) is 4.81. The summed E-state index contributed by atoms with van der Waals surface area (Å²) in [5.41, 5.74) is 0.801. The maximum Gasteiger partial charge on any atom is 0.237 e. The van der Waals surface area contributed by atoms with Gasteiger partial charge in [-0.3, -0.25) is 4.72 Å². The van der Waals surface area contributed by atoms with E-state index in [1.807, 2.05) is 0 Å². The molecular weight excluding hydrogens is 341 g/mol. The van der Waals surface area contributed by atoms with E-state index in [1.165, 1.54) is 12.1 Å². The van der Waals surface area contributed by atoms with Gasteiger partial charge in [0.15, 0.2) is 0 Å². The number of rotatable bonds is 4. The van der Waals surface area contributed by atoms with Crippen molar-refractivity contribution in [2.24, 2.45) is 0 Å². The van der Waals surface area contributed by atoms with Gasteiger partial charge in [0, 0.05) is 10.0 Å². The van der Waals surface area contributed by atoms with Gasteiger partial charge in [-0.2, -0.15) is 0 Å². The summed E-state index contributed by atoms with van der Waals surface area (Å²) >= 11 is 17.6. The molecule has 7 heteroatoms. The normalized spacial score (nSPS) is 11.3. The zero-order valence-corrected chi connectivity index (χ0v) is 13.2. The number of halogens is 3. The molecule has 0 fully saturated rings. The van der Waals surface area contributed by atoms with E-state index in [4.69, 9.17) is 34.8 Å². The van der Waals surface area contributed by atoms with E-state index >= 15 is 0 Å². The molecule has 0 amide bonds. The van der Waals surface area contributed by atoms with Crippen LogP contribution < -0.4 is 4.72 Å². The summed E-state index contributed by atoms with van der Waals surface area (Å²) in [5, 5.41) is 1.07. The molecule has 0 aliphatic heterocycles. The fourth-order valence-corrected chi connectivity index (χ4v) is 3.64. The van der Waals surface area contributed by atoms with E-state index in [1.54, 1.807) is 30.3 Å². The van der Waals surface area contributed by atoms with E-state index < -0.39 is 10.0 Å². The third kappa shape index (κ3) is 4.03. The molecule has 0 aliphatic rings. The third-order valence-electron chi connectivity index (χ3n) is 2.50. The van der Waals surface area contributed by atoms with Crippen LogP contribution in [0.3, 0.4) is 0 Å². The minimum atomic E-state index is -3.61. The molecule has 0 heterocycles. The fraction of sp³-hybridized carbons (Fsp3) is 0.0769. The number of nitrogens with one attached hydrogen (secondary N) is 1. The highest BCUT2D eigenvalue weighted by Crippen LogP contribution is 2.27. The predicted molar refractivity (Wildman–Crippen MR) is 84.2 cm³/mol. The van der Waals surface area contributed by atoms with Gasteiger partial charge < -0.3 is 0 Å². The zero-order chi connectivity index (χ0) is 14.8. The summed E-state index contributed by atoms with van der Waals surface area (Å²) in [6, 6.07) is 11.3. The highest BCUT2D eigenvalue weighted by Gasteiger charge is 2.15. The molecule has 2 rings (SSSR count). The number of hydrogen-bond acceptors (Lipinski definition) is 2. The van der Waals surface area contributed by atoms with Crippen molar-refractivity contribution in [2.45, 2.75) is 5.75 Å². The summed E-state index contributed by atoms with van der Waals surface area (Å²) in [6.45, 7) is 0. The third-order valence-corrected chi connectivity index (χ3v) is 4.64. The van der Waals surface area contributed by atoms with Crippen LogP contribution in [0.1, 0.15) is 5.56 Å². The minimum Gasteiger partial charge on any atom is -0.282 e. The first-order chi connectivity index (χ1) is 9.37. The lowest BCUT2D eigenvalue weighted by molar-refractivity contribution is 0.600. The van der Waals surface area contributed by atoms with Crippen LogP contribution in [0.4, 0.5) is 5.69 Å². The molecular formula is C13H10Cl3NO2S. The van der Waals surface area contributed by atoms with Gasteiger partial charge in [0.1, 0.15) is 0 Å². The number of benzene rings is 2. The highest BCUT2D eigenvalue weighted by atomic mass is 35.5. The topological polar surface area (TPSA) is 46.2 Å². The number of anilines is 1. The summed E-state index contributed by atoms with van der Waals surface area (Å²) < 4.78 is 26.6. The van der Waals surface area contributed by atoms with Gasteiger partial charge in [0.25, 0.3) is 0 Å². The van der Waals surface area contributed by atoms with Gasteiger partial charge in [0.2, 0.25) is 10.0 Å². The highest BCUT2D eigenvalue weighted by molar-refractivity contribution is 7.91. The molecule has 0 bridgehead atoms. The Bertz CT molecular complexity index is 732. The van der Waals surface area contributed by atoms with Crippen molar-refractivity contribution >= 4 is 50.5 Å². The second kappa shape index (κ2) is 6.22. The molecule has 0 aliphatic carbocycles. The summed E-state index contributed by atoms with van der Waals surface area (Å²) in [5.74, 6) is -0.231. The summed E-state index contributed by atoms with van der Waals surface area (Å²) in [4.78, 5) is 0. The maximum atomic E-state index is 12.1. The van der Waals surface area contributed by atoms with Gasteiger partial charge in [-0.15, -0.1) is 0 Å². The van der Waals surface area contributed by atoms with Crippen molar-refractivity contribution in [1.29, 1.82) is 0 Å². The van der Waals surface area contributed by atoms with Crippen LogP contribution in [0.25, 0.3) is 0 Å². The molecule has 0 spiro atoms. The lowest BCUT2D eigenvalue weighted by Gasteiger charge is -2.10. The Morgan fingerprint density at radius 1 is 0.950 bits per heavy atom. The van der Waals surface area contributed by atoms with E-state index in [0.29, 0.717) is 15.6 Å². The Morgan fingerprint density at radius 3 is 2.30 bits per heavy atom. The van der Waals surface area contributed by atoms with Crippen molar-refractivity contribution in [3.8, 4) is 0 Å². The van der Waals surface area contributed by atoms with Crippen molar-refractivity contribution in [1.82, 2.24) is 0 Å². The molecule has 0 saturated carbocycles. The fourth-order valence-electron chi connectivity index (χ4n) is 1.60. The van der Waals surface area contributed by atoms with E-state index in [2.05, 4.69) is 4.72 Å². The zero-order valence-electron chi connectivity index (χ0n) is 10.1. The molecule has 3 nitrogen and oxygen atoms in total. The molecule has 0 atom stereocenters. The quantitative estimate of drug-likeness (QED) is 0.876. The second-order valence-electron chi connectivity index (χ2n) is 4.08. The first-order valence-corrected chi connectivity index (χ1v) is 8.35. The standard InChI is InChI=1S/C13H10Cl3NO2S/c14-10-5-6-13(12(16)7-10)17-20(18,19)8-9-3-1-2-4-11(9)15/h1-7,17H,8H2. The summed E-state index contributed by atoms with van der Waals surface area (Å²) in [6.07, 6.45) is 0.